The summed E-state index contributed by atoms with van der Waals surface area (Å²) < 4.78 is 6.47. The van der Waals surface area contributed by atoms with Crippen LogP contribution in [0, 0.1) is 0 Å². The fourth-order valence-electron chi connectivity index (χ4n) is 2.62. The first kappa shape index (κ1) is 19.1. The van der Waals surface area contributed by atoms with Crippen molar-refractivity contribution in [2.45, 2.75) is 6.42 Å². The van der Waals surface area contributed by atoms with Crippen molar-refractivity contribution in [1.29, 1.82) is 0 Å². The van der Waals surface area contributed by atoms with Gasteiger partial charge >= 0.3 is 5.97 Å². The first-order chi connectivity index (χ1) is 13.7. The van der Waals surface area contributed by atoms with Crippen LogP contribution >= 0.6 is 0 Å². The zero-order chi connectivity index (χ0) is 19.8. The Morgan fingerprint density at radius 1 is 1.11 bits per heavy atom. The van der Waals surface area contributed by atoms with Crippen LogP contribution in [0.3, 0.4) is 0 Å². The van der Waals surface area contributed by atoms with Crippen molar-refractivity contribution in [2.75, 3.05) is 13.7 Å². The van der Waals surface area contributed by atoms with Crippen LogP contribution in [-0.4, -0.2) is 35.3 Å². The molecule has 0 aliphatic carbocycles. The van der Waals surface area contributed by atoms with Gasteiger partial charge in [-0.15, -0.1) is 0 Å². The molecule has 0 saturated carbocycles. The summed E-state index contributed by atoms with van der Waals surface area (Å²) in [6, 6.07) is 16.7. The standard InChI is InChI=1S/C22H21N3O3/c1-28-22(27)19-10-7-17(8-11-19)9-12-21(26)23-14-13-18-15-24-25(16-18)20-5-3-2-4-6-20/h2-12,15-16H,13-14H2,1H3,(H,23,26)/b12-9+. The Morgan fingerprint density at radius 3 is 2.57 bits per heavy atom. The molecule has 0 aliphatic rings. The first-order valence-electron chi connectivity index (χ1n) is 8.89. The van der Waals surface area contributed by atoms with Gasteiger partial charge in [-0.3, -0.25) is 4.79 Å². The molecular weight excluding hydrogens is 354 g/mol. The van der Waals surface area contributed by atoms with Gasteiger partial charge in [0.1, 0.15) is 0 Å². The van der Waals surface area contributed by atoms with E-state index >= 15 is 0 Å². The zero-order valence-corrected chi connectivity index (χ0v) is 15.5. The van der Waals surface area contributed by atoms with Gasteiger partial charge in [-0.2, -0.15) is 5.10 Å². The highest BCUT2D eigenvalue weighted by Crippen LogP contribution is 2.08. The summed E-state index contributed by atoms with van der Waals surface area (Å²) in [4.78, 5) is 23.4. The number of nitrogens with zero attached hydrogens (tertiary/aromatic N) is 2. The van der Waals surface area contributed by atoms with Gasteiger partial charge in [-0.05, 0) is 47.9 Å². The van der Waals surface area contributed by atoms with E-state index in [4.69, 9.17) is 0 Å². The topological polar surface area (TPSA) is 73.2 Å². The van der Waals surface area contributed by atoms with Crippen LogP contribution in [0.1, 0.15) is 21.5 Å². The Bertz CT molecular complexity index is 960. The summed E-state index contributed by atoms with van der Waals surface area (Å²) >= 11 is 0. The highest BCUT2D eigenvalue weighted by Gasteiger charge is 2.04. The van der Waals surface area contributed by atoms with E-state index in [9.17, 15) is 9.59 Å². The molecule has 0 spiro atoms. The Kier molecular flexibility index (Phi) is 6.36. The Morgan fingerprint density at radius 2 is 1.86 bits per heavy atom. The number of carbonyl (C=O) groups excluding carboxylic acids is 2. The maximum atomic E-state index is 12.0. The molecule has 3 aromatic rings. The molecule has 0 bridgehead atoms. The second-order valence-electron chi connectivity index (χ2n) is 6.12. The fourth-order valence-corrected chi connectivity index (χ4v) is 2.62. The first-order valence-corrected chi connectivity index (χ1v) is 8.89. The van der Waals surface area contributed by atoms with Crippen molar-refractivity contribution < 1.29 is 14.3 Å². The molecule has 1 aromatic heterocycles. The molecule has 6 heteroatoms. The van der Waals surface area contributed by atoms with E-state index < -0.39 is 0 Å². The van der Waals surface area contributed by atoms with E-state index in [0.717, 1.165) is 16.8 Å². The Hall–Kier alpha value is -3.67. The number of amides is 1. The van der Waals surface area contributed by atoms with E-state index in [1.807, 2.05) is 41.2 Å². The molecule has 6 nitrogen and oxygen atoms in total. The van der Waals surface area contributed by atoms with Crippen LogP contribution in [-0.2, 0) is 16.0 Å². The smallest absolute Gasteiger partial charge is 0.337 e. The van der Waals surface area contributed by atoms with Gasteiger partial charge in [0, 0.05) is 18.8 Å². The molecule has 142 valence electrons. The van der Waals surface area contributed by atoms with Crippen LogP contribution in [0.5, 0.6) is 0 Å². The highest BCUT2D eigenvalue weighted by molar-refractivity contribution is 5.92. The number of hydrogen-bond acceptors (Lipinski definition) is 4. The lowest BCUT2D eigenvalue weighted by Gasteiger charge is -2.01. The van der Waals surface area contributed by atoms with Crippen molar-refractivity contribution in [3.8, 4) is 5.69 Å². The summed E-state index contributed by atoms with van der Waals surface area (Å²) in [6.45, 7) is 0.519. The number of methoxy groups -OCH3 is 1. The second-order valence-corrected chi connectivity index (χ2v) is 6.12. The van der Waals surface area contributed by atoms with Crippen molar-refractivity contribution in [3.05, 3.63) is 89.8 Å². The summed E-state index contributed by atoms with van der Waals surface area (Å²) in [5, 5.41) is 7.20. The number of aromatic nitrogens is 2. The molecule has 0 fully saturated rings. The number of ether oxygens (including phenoxy) is 1. The van der Waals surface area contributed by atoms with Gasteiger partial charge < -0.3 is 10.1 Å². The SMILES string of the molecule is COC(=O)c1ccc(/C=C/C(=O)NCCc2cnn(-c3ccccc3)c2)cc1. The lowest BCUT2D eigenvalue weighted by molar-refractivity contribution is -0.116. The molecule has 0 radical (unpaired) electrons. The van der Waals surface area contributed by atoms with Gasteiger partial charge in [0.05, 0.1) is 24.6 Å². The number of benzene rings is 2. The number of hydrogen-bond donors (Lipinski definition) is 1. The van der Waals surface area contributed by atoms with Gasteiger partial charge in [0.15, 0.2) is 0 Å². The molecule has 0 aliphatic heterocycles. The van der Waals surface area contributed by atoms with Gasteiger partial charge in [0.2, 0.25) is 5.91 Å². The summed E-state index contributed by atoms with van der Waals surface area (Å²) in [5.41, 5.74) is 3.34. The van der Waals surface area contributed by atoms with Crippen molar-refractivity contribution >= 4 is 18.0 Å². The van der Waals surface area contributed by atoms with E-state index in [2.05, 4.69) is 15.2 Å². The van der Waals surface area contributed by atoms with Crippen LogP contribution in [0.2, 0.25) is 0 Å². The molecule has 1 amide bonds. The third kappa shape index (κ3) is 5.17. The summed E-state index contributed by atoms with van der Waals surface area (Å²) in [5.74, 6) is -0.559. The molecular formula is C22H21N3O3. The Balaban J connectivity index is 1.46. The monoisotopic (exact) mass is 375 g/mol. The number of esters is 1. The predicted molar refractivity (Wildman–Crippen MR) is 107 cm³/mol. The van der Waals surface area contributed by atoms with E-state index in [1.54, 1.807) is 36.5 Å². The van der Waals surface area contributed by atoms with Crippen LogP contribution in [0.15, 0.2) is 73.1 Å². The number of carbonyl (C=O) groups is 2. The summed E-state index contributed by atoms with van der Waals surface area (Å²) in [6.07, 6.45) is 7.63. The molecule has 2 aromatic carbocycles. The molecule has 0 atom stereocenters. The van der Waals surface area contributed by atoms with Crippen molar-refractivity contribution in [3.63, 3.8) is 0 Å². The average Bonchev–Trinajstić information content (AvgIpc) is 3.21. The molecule has 3 rings (SSSR count). The van der Waals surface area contributed by atoms with E-state index in [0.29, 0.717) is 18.5 Å². The molecule has 1 heterocycles. The van der Waals surface area contributed by atoms with Crippen molar-refractivity contribution in [1.82, 2.24) is 15.1 Å². The maximum Gasteiger partial charge on any atom is 0.337 e. The molecule has 0 saturated heterocycles. The minimum absolute atomic E-state index is 0.174. The zero-order valence-electron chi connectivity index (χ0n) is 15.5. The fraction of sp³-hybridized carbons (Fsp3) is 0.136. The lowest BCUT2D eigenvalue weighted by Crippen LogP contribution is -2.23. The van der Waals surface area contributed by atoms with Crippen molar-refractivity contribution in [2.24, 2.45) is 0 Å². The number of nitrogens with one attached hydrogen (secondary N) is 1. The number of rotatable bonds is 7. The van der Waals surface area contributed by atoms with Gasteiger partial charge in [0.25, 0.3) is 0 Å². The maximum absolute atomic E-state index is 12.0. The van der Waals surface area contributed by atoms with Gasteiger partial charge in [-0.1, -0.05) is 30.3 Å². The van der Waals surface area contributed by atoms with E-state index in [-0.39, 0.29) is 11.9 Å². The molecule has 1 N–H and O–H groups in total. The quantitative estimate of drug-likeness (QED) is 0.509. The third-order valence-electron chi connectivity index (χ3n) is 4.13. The number of para-hydroxylation sites is 1. The lowest BCUT2D eigenvalue weighted by atomic mass is 10.1. The van der Waals surface area contributed by atoms with Crippen LogP contribution in [0.25, 0.3) is 11.8 Å². The average molecular weight is 375 g/mol. The van der Waals surface area contributed by atoms with Gasteiger partial charge in [-0.25, -0.2) is 9.48 Å². The molecule has 0 unspecified atom stereocenters. The third-order valence-corrected chi connectivity index (χ3v) is 4.13. The minimum atomic E-state index is -0.385. The minimum Gasteiger partial charge on any atom is -0.465 e. The normalized spacial score (nSPS) is 10.8. The molecule has 28 heavy (non-hydrogen) atoms. The Labute approximate surface area is 163 Å². The highest BCUT2D eigenvalue weighted by atomic mass is 16.5. The second kappa shape index (κ2) is 9.32. The largest absolute Gasteiger partial charge is 0.465 e. The predicted octanol–water partition coefficient (Wildman–Crippen LogP) is 3.03. The summed E-state index contributed by atoms with van der Waals surface area (Å²) in [7, 11) is 1.34. The van der Waals surface area contributed by atoms with Crippen LogP contribution in [0.4, 0.5) is 0 Å². The van der Waals surface area contributed by atoms with Crippen LogP contribution < -0.4 is 5.32 Å². The van der Waals surface area contributed by atoms with E-state index in [1.165, 1.54) is 13.2 Å².